The number of para-hydroxylation sites is 2. The van der Waals surface area contributed by atoms with Gasteiger partial charge in [0.2, 0.25) is 11.9 Å². The average molecular weight is 402 g/mol. The highest BCUT2D eigenvalue weighted by atomic mass is 32.2. The predicted molar refractivity (Wildman–Crippen MR) is 116 cm³/mol. The number of nitrogens with zero attached hydrogens (tertiary/aromatic N) is 2. The van der Waals surface area contributed by atoms with Crippen LogP contribution in [0.4, 0.5) is 5.69 Å². The molecule has 0 bridgehead atoms. The van der Waals surface area contributed by atoms with Gasteiger partial charge in [-0.15, -0.1) is 0 Å². The number of thioether (sulfide) groups is 1. The molecule has 6 heteroatoms. The van der Waals surface area contributed by atoms with Crippen molar-refractivity contribution in [3.8, 4) is 17.6 Å². The Morgan fingerprint density at radius 2 is 2.00 bits per heavy atom. The van der Waals surface area contributed by atoms with Gasteiger partial charge in [0.25, 0.3) is 0 Å². The summed E-state index contributed by atoms with van der Waals surface area (Å²) < 4.78 is 7.94. The zero-order valence-corrected chi connectivity index (χ0v) is 17.6. The third-order valence-electron chi connectivity index (χ3n) is 6.72. The van der Waals surface area contributed by atoms with Crippen LogP contribution >= 0.6 is 11.8 Å². The first kappa shape index (κ1) is 19.8. The number of ether oxygens (including phenoxy) is 1. The van der Waals surface area contributed by atoms with Crippen molar-refractivity contribution >= 4 is 17.4 Å². The van der Waals surface area contributed by atoms with Crippen LogP contribution in [0.1, 0.15) is 32.1 Å². The topological polar surface area (TPSA) is 41.3 Å². The molecule has 3 aliphatic rings. The van der Waals surface area contributed by atoms with Crippen LogP contribution in [-0.2, 0) is 0 Å². The maximum Gasteiger partial charge on any atom is 0.238 e. The van der Waals surface area contributed by atoms with E-state index in [1.807, 2.05) is 23.9 Å². The molecule has 1 aromatic rings. The van der Waals surface area contributed by atoms with Crippen LogP contribution in [0, 0.1) is 16.7 Å². The maximum atomic E-state index is 12.4. The van der Waals surface area contributed by atoms with Gasteiger partial charge in [0, 0.05) is 28.8 Å². The molecule has 28 heavy (non-hydrogen) atoms. The van der Waals surface area contributed by atoms with Crippen molar-refractivity contribution in [2.24, 2.45) is 0 Å². The molecule has 0 radical (unpaired) electrons. The third kappa shape index (κ3) is 3.68. The minimum absolute atomic E-state index is 0.0650. The highest BCUT2D eigenvalue weighted by Crippen LogP contribution is 2.50. The van der Waals surface area contributed by atoms with Crippen molar-refractivity contribution in [3.63, 3.8) is 0 Å². The molecule has 5 nitrogen and oxygen atoms in total. The second-order valence-corrected chi connectivity index (χ2v) is 9.57. The van der Waals surface area contributed by atoms with Gasteiger partial charge in [-0.05, 0) is 24.8 Å². The van der Waals surface area contributed by atoms with E-state index in [9.17, 15) is 4.91 Å². The van der Waals surface area contributed by atoms with E-state index in [0.717, 1.165) is 43.0 Å². The van der Waals surface area contributed by atoms with Crippen molar-refractivity contribution in [2.45, 2.75) is 42.9 Å². The number of hydrogen-bond donors (Lipinski definition) is 1. The number of methoxy groups -OCH3 is 1. The van der Waals surface area contributed by atoms with E-state index < -0.39 is 0 Å². The highest BCUT2D eigenvalue weighted by molar-refractivity contribution is 8.00. The smallest absolute Gasteiger partial charge is 0.238 e. The second kappa shape index (κ2) is 8.44. The Balaban J connectivity index is 1.51. The van der Waals surface area contributed by atoms with E-state index in [2.05, 4.69) is 29.3 Å². The Kier molecular flexibility index (Phi) is 5.96. The van der Waals surface area contributed by atoms with Gasteiger partial charge >= 0.3 is 0 Å². The minimum atomic E-state index is 0.0650. The molecule has 1 spiro atoms. The van der Waals surface area contributed by atoms with Gasteiger partial charge < -0.3 is 10.1 Å². The van der Waals surface area contributed by atoms with E-state index in [4.69, 9.17) is 4.74 Å². The average Bonchev–Trinajstić information content (AvgIpc) is 3.34. The van der Waals surface area contributed by atoms with E-state index in [1.54, 1.807) is 7.11 Å². The number of nitroso groups, excluding NO2 is 1. The lowest BCUT2D eigenvalue weighted by molar-refractivity contribution is -0.562. The van der Waals surface area contributed by atoms with Crippen molar-refractivity contribution in [2.75, 3.05) is 45.7 Å². The Hall–Kier alpha value is -1.55. The minimum Gasteiger partial charge on any atom is -0.491 e. The van der Waals surface area contributed by atoms with Crippen LogP contribution < -0.4 is 14.5 Å². The first-order chi connectivity index (χ1) is 13.7. The van der Waals surface area contributed by atoms with Crippen molar-refractivity contribution in [1.82, 2.24) is 9.80 Å². The molecule has 0 aromatic heterocycles. The van der Waals surface area contributed by atoms with Crippen molar-refractivity contribution in [3.05, 3.63) is 29.2 Å². The van der Waals surface area contributed by atoms with Gasteiger partial charge in [-0.25, -0.2) is 0 Å². The summed E-state index contributed by atoms with van der Waals surface area (Å²) >= 11 is 1.87. The highest BCUT2D eigenvalue weighted by Gasteiger charge is 2.55. The lowest BCUT2D eigenvalue weighted by atomic mass is 9.94. The van der Waals surface area contributed by atoms with Crippen molar-refractivity contribution < 1.29 is 9.50 Å². The third-order valence-corrected chi connectivity index (χ3v) is 8.35. The maximum absolute atomic E-state index is 12.4. The van der Waals surface area contributed by atoms with Gasteiger partial charge in [0.05, 0.1) is 31.4 Å². The Morgan fingerprint density at radius 1 is 1.25 bits per heavy atom. The summed E-state index contributed by atoms with van der Waals surface area (Å²) in [4.78, 5) is 12.4. The summed E-state index contributed by atoms with van der Waals surface area (Å²) in [6.45, 7) is 4.75. The van der Waals surface area contributed by atoms with Crippen LogP contribution in [0.2, 0.25) is 0 Å². The number of nitrogens with one attached hydrogen (secondary N) is 1. The molecule has 2 saturated heterocycles. The predicted octanol–water partition coefficient (Wildman–Crippen LogP) is 3.16. The van der Waals surface area contributed by atoms with Crippen LogP contribution in [0.15, 0.2) is 24.3 Å². The summed E-state index contributed by atoms with van der Waals surface area (Å²) in [5.41, 5.74) is 1.22. The van der Waals surface area contributed by atoms with E-state index in [0.29, 0.717) is 12.3 Å². The number of rotatable bonds is 4. The number of piperazine rings is 1. The molecule has 2 aliphatic heterocycles. The molecule has 1 aliphatic carbocycles. The van der Waals surface area contributed by atoms with Gasteiger partial charge in [0.15, 0.2) is 11.4 Å². The zero-order chi connectivity index (χ0) is 19.5. The fourth-order valence-electron chi connectivity index (χ4n) is 5.08. The van der Waals surface area contributed by atoms with Crippen molar-refractivity contribution in [1.29, 1.82) is 0 Å². The summed E-state index contributed by atoms with van der Waals surface area (Å²) in [6, 6.07) is 8.39. The quantitative estimate of drug-likeness (QED) is 0.478. The lowest BCUT2D eigenvalue weighted by Gasteiger charge is -2.40. The van der Waals surface area contributed by atoms with Gasteiger partial charge in [-0.2, -0.15) is 0 Å². The lowest BCUT2D eigenvalue weighted by Crippen LogP contribution is -2.60. The fourth-order valence-corrected chi connectivity index (χ4v) is 6.62. The molecule has 1 atom stereocenters. The van der Waals surface area contributed by atoms with Crippen LogP contribution in [0.3, 0.4) is 0 Å². The molecule has 150 valence electrons. The SMILES string of the molecule is COc1ccccc1[N+]1(CC#CCC2[N+](=O)CSC23CCCC3)CCNCC1. The number of quaternary nitrogens is 1. The summed E-state index contributed by atoms with van der Waals surface area (Å²) in [6.07, 6.45) is 5.56. The summed E-state index contributed by atoms with van der Waals surface area (Å²) in [5, 5.41) is 3.47. The molecule has 0 amide bonds. The molecule has 2 heterocycles. The standard InChI is InChI=1S/C22H31N3O2S/c1-27-20-9-3-2-8-19(20)25(16-13-23-14-17-25)15-7-4-10-21-22(11-5-6-12-22)28-18-24(21)26/h2-3,8-9,21,23H,5-6,10-18H2,1H3/q+2. The van der Waals surface area contributed by atoms with E-state index >= 15 is 0 Å². The van der Waals surface area contributed by atoms with Crippen LogP contribution in [-0.4, -0.2) is 61.3 Å². The Morgan fingerprint density at radius 3 is 2.75 bits per heavy atom. The largest absolute Gasteiger partial charge is 0.491 e. The molecule has 4 rings (SSSR count). The summed E-state index contributed by atoms with van der Waals surface area (Å²) in [7, 11) is 1.74. The fraction of sp³-hybridized carbons (Fsp3) is 0.636. The molecule has 1 saturated carbocycles. The van der Waals surface area contributed by atoms with Crippen LogP contribution in [0.25, 0.3) is 0 Å². The summed E-state index contributed by atoms with van der Waals surface area (Å²) in [5.74, 6) is 8.42. The molecule has 1 aromatic carbocycles. The Bertz CT molecular complexity index is 773. The number of benzene rings is 1. The first-order valence-electron chi connectivity index (χ1n) is 10.4. The molecular weight excluding hydrogens is 370 g/mol. The zero-order valence-electron chi connectivity index (χ0n) is 16.8. The van der Waals surface area contributed by atoms with E-state index in [-0.39, 0.29) is 10.8 Å². The molecule has 3 fully saturated rings. The molecular formula is C22H31N3O2S+2. The van der Waals surface area contributed by atoms with Gasteiger partial charge in [-0.3, -0.25) is 4.48 Å². The second-order valence-electron chi connectivity index (χ2n) is 8.21. The Labute approximate surface area is 172 Å². The monoisotopic (exact) mass is 401 g/mol. The first-order valence-corrected chi connectivity index (χ1v) is 11.4. The van der Waals surface area contributed by atoms with Gasteiger partial charge in [0.1, 0.15) is 6.54 Å². The van der Waals surface area contributed by atoms with Gasteiger partial charge in [-0.1, -0.05) is 42.7 Å². The molecule has 1 N–H and O–H groups in total. The molecule has 1 unspecified atom stereocenters. The normalized spacial score (nSPS) is 25.5. The van der Waals surface area contributed by atoms with E-state index in [1.165, 1.54) is 36.1 Å². The van der Waals surface area contributed by atoms with Crippen LogP contribution in [0.5, 0.6) is 5.75 Å². The number of hydrogen-bond acceptors (Lipinski definition) is 4.